The van der Waals surface area contributed by atoms with E-state index in [1.54, 1.807) is 18.4 Å². The minimum Gasteiger partial charge on any atom is -0.545 e. The normalized spacial score (nSPS) is 8.93. The Kier molecular flexibility index (Phi) is 7.04. The molecule has 0 aliphatic heterocycles. The second-order valence-corrected chi connectivity index (χ2v) is 2.57. The number of para-hydroxylation sites is 1. The van der Waals surface area contributed by atoms with Crippen LogP contribution in [0.1, 0.15) is 10.4 Å². The van der Waals surface area contributed by atoms with E-state index in [1.165, 1.54) is 12.1 Å². The van der Waals surface area contributed by atoms with Crippen molar-refractivity contribution in [2.45, 2.75) is 0 Å². The number of carbonyl (C=O) groups is 1. The quantitative estimate of drug-likeness (QED) is 0.247. The standard InChI is InChI=1S/C8H8O4S.Na/c1-13-12-11-7-5-3-2-4-6(7)8(9)10;/h2-5H,1H3,(H,9,10);/q;+1/p-1. The van der Waals surface area contributed by atoms with Gasteiger partial charge in [-0.05, 0) is 12.1 Å². The van der Waals surface area contributed by atoms with E-state index in [9.17, 15) is 9.90 Å². The number of hydrogen-bond donors (Lipinski definition) is 0. The first-order chi connectivity index (χ1) is 6.25. The Labute approximate surface area is 108 Å². The van der Waals surface area contributed by atoms with Gasteiger partial charge in [0.25, 0.3) is 0 Å². The summed E-state index contributed by atoms with van der Waals surface area (Å²) >= 11 is 0.981. The molecule has 0 N–H and O–H groups in total. The molecule has 0 fully saturated rings. The number of hydrogen-bond acceptors (Lipinski definition) is 5. The van der Waals surface area contributed by atoms with Crippen molar-refractivity contribution < 1.29 is 48.7 Å². The number of carbonyl (C=O) groups excluding carboxylic acids is 1. The molecule has 0 spiro atoms. The van der Waals surface area contributed by atoms with Crippen LogP contribution in [0, 0.1) is 0 Å². The van der Waals surface area contributed by atoms with Crippen LogP contribution in [-0.4, -0.2) is 12.2 Å². The molecular formula is C8H7NaO4S. The van der Waals surface area contributed by atoms with Gasteiger partial charge in [-0.3, -0.25) is 0 Å². The monoisotopic (exact) mass is 222 g/mol. The Hall–Kier alpha value is -0.200. The Bertz CT molecular complexity index is 305. The van der Waals surface area contributed by atoms with Gasteiger partial charge in [0, 0.05) is 23.9 Å². The summed E-state index contributed by atoms with van der Waals surface area (Å²) in [6, 6.07) is 6.10. The Morgan fingerprint density at radius 1 is 1.43 bits per heavy atom. The molecule has 0 amide bonds. The predicted octanol–water partition coefficient (Wildman–Crippen LogP) is -2.36. The number of aromatic carboxylic acids is 1. The van der Waals surface area contributed by atoms with E-state index >= 15 is 0 Å². The Balaban J connectivity index is 0.00000169. The average Bonchev–Trinajstić information content (AvgIpc) is 2.15. The van der Waals surface area contributed by atoms with Gasteiger partial charge < -0.3 is 14.8 Å². The number of rotatable bonds is 4. The van der Waals surface area contributed by atoms with Crippen molar-refractivity contribution in [1.29, 1.82) is 0 Å². The van der Waals surface area contributed by atoms with Gasteiger partial charge in [0.15, 0.2) is 5.75 Å². The van der Waals surface area contributed by atoms with Crippen molar-refractivity contribution in [1.82, 2.24) is 0 Å². The summed E-state index contributed by atoms with van der Waals surface area (Å²) in [5, 5.41) is 10.5. The molecule has 6 heteroatoms. The van der Waals surface area contributed by atoms with E-state index in [2.05, 4.69) is 9.22 Å². The van der Waals surface area contributed by atoms with E-state index in [0.717, 1.165) is 12.0 Å². The van der Waals surface area contributed by atoms with Gasteiger partial charge in [0.05, 0.1) is 5.97 Å². The van der Waals surface area contributed by atoms with Crippen LogP contribution in [-0.2, 0) is 4.33 Å². The fraction of sp³-hybridized carbons (Fsp3) is 0.125. The third-order valence-corrected chi connectivity index (χ3v) is 1.50. The summed E-state index contributed by atoms with van der Waals surface area (Å²) < 4.78 is 4.54. The zero-order chi connectivity index (χ0) is 9.68. The summed E-state index contributed by atoms with van der Waals surface area (Å²) in [5.41, 5.74) is -0.0310. The maximum Gasteiger partial charge on any atom is 1.00 e. The van der Waals surface area contributed by atoms with Gasteiger partial charge in [-0.25, -0.2) is 0 Å². The smallest absolute Gasteiger partial charge is 0.545 e. The number of carboxylic acid groups (broad SMARTS) is 1. The molecule has 0 atom stereocenters. The zero-order valence-corrected chi connectivity index (χ0v) is 10.7. The minimum atomic E-state index is -1.29. The van der Waals surface area contributed by atoms with Crippen molar-refractivity contribution in [3.63, 3.8) is 0 Å². The summed E-state index contributed by atoms with van der Waals surface area (Å²) in [6.07, 6.45) is 1.65. The van der Waals surface area contributed by atoms with Gasteiger partial charge in [-0.1, -0.05) is 12.1 Å². The van der Waals surface area contributed by atoms with Crippen LogP contribution in [0.5, 0.6) is 5.75 Å². The second-order valence-electron chi connectivity index (χ2n) is 2.10. The molecular weight excluding hydrogens is 215 g/mol. The average molecular weight is 222 g/mol. The summed E-state index contributed by atoms with van der Waals surface area (Å²) in [5.74, 6) is -1.16. The number of carboxylic acids is 1. The van der Waals surface area contributed by atoms with Crippen LogP contribution in [0.4, 0.5) is 0 Å². The van der Waals surface area contributed by atoms with Crippen molar-refractivity contribution in [2.75, 3.05) is 6.26 Å². The van der Waals surface area contributed by atoms with Crippen molar-refractivity contribution in [2.24, 2.45) is 0 Å². The molecule has 14 heavy (non-hydrogen) atoms. The van der Waals surface area contributed by atoms with E-state index in [4.69, 9.17) is 0 Å². The minimum absolute atomic E-state index is 0. The van der Waals surface area contributed by atoms with Crippen LogP contribution in [0.3, 0.4) is 0 Å². The van der Waals surface area contributed by atoms with Crippen LogP contribution >= 0.6 is 12.0 Å². The zero-order valence-electron chi connectivity index (χ0n) is 7.85. The molecule has 1 rings (SSSR count). The topological polar surface area (TPSA) is 58.6 Å². The summed E-state index contributed by atoms with van der Waals surface area (Å²) in [7, 11) is 0. The molecule has 0 saturated heterocycles. The molecule has 0 radical (unpaired) electrons. The van der Waals surface area contributed by atoms with Gasteiger partial charge in [0.2, 0.25) is 0 Å². The predicted molar refractivity (Wildman–Crippen MR) is 46.0 cm³/mol. The first-order valence-corrected chi connectivity index (χ1v) is 4.58. The molecule has 0 heterocycles. The molecule has 1 aromatic rings. The third kappa shape index (κ3) is 3.89. The molecule has 0 aromatic heterocycles. The van der Waals surface area contributed by atoms with Gasteiger partial charge in [0.1, 0.15) is 0 Å². The van der Waals surface area contributed by atoms with Gasteiger partial charge >= 0.3 is 29.6 Å². The first-order valence-electron chi connectivity index (χ1n) is 3.43. The van der Waals surface area contributed by atoms with Crippen molar-refractivity contribution >= 4 is 18.0 Å². The summed E-state index contributed by atoms with van der Waals surface area (Å²) in [4.78, 5) is 15.2. The molecule has 70 valence electrons. The van der Waals surface area contributed by atoms with Gasteiger partial charge in [-0.2, -0.15) is 0 Å². The molecule has 0 unspecified atom stereocenters. The van der Waals surface area contributed by atoms with Crippen LogP contribution in [0.2, 0.25) is 0 Å². The van der Waals surface area contributed by atoms with Crippen molar-refractivity contribution in [3.8, 4) is 5.75 Å². The SMILES string of the molecule is CSOOc1ccccc1C(=O)[O-].[Na+]. The first kappa shape index (κ1) is 13.8. The fourth-order valence-corrected chi connectivity index (χ4v) is 0.920. The third-order valence-electron chi connectivity index (χ3n) is 1.30. The molecule has 0 saturated carbocycles. The Morgan fingerprint density at radius 2 is 2.07 bits per heavy atom. The van der Waals surface area contributed by atoms with Crippen LogP contribution < -0.4 is 39.6 Å². The van der Waals surface area contributed by atoms with Crippen molar-refractivity contribution in [3.05, 3.63) is 29.8 Å². The largest absolute Gasteiger partial charge is 1.00 e. The molecule has 1 aromatic carbocycles. The van der Waals surface area contributed by atoms with E-state index in [1.807, 2.05) is 0 Å². The molecule has 4 nitrogen and oxygen atoms in total. The maximum atomic E-state index is 10.5. The summed E-state index contributed by atoms with van der Waals surface area (Å²) in [6.45, 7) is 0. The van der Waals surface area contributed by atoms with E-state index in [-0.39, 0.29) is 40.9 Å². The Morgan fingerprint density at radius 3 is 2.64 bits per heavy atom. The molecule has 0 aliphatic carbocycles. The molecule has 0 bridgehead atoms. The second kappa shape index (κ2) is 7.14. The number of benzene rings is 1. The van der Waals surface area contributed by atoms with Crippen LogP contribution in [0.25, 0.3) is 0 Å². The maximum absolute atomic E-state index is 10.5. The fourth-order valence-electron chi connectivity index (χ4n) is 0.779. The molecule has 0 aliphatic rings. The van der Waals surface area contributed by atoms with E-state index in [0.29, 0.717) is 0 Å². The van der Waals surface area contributed by atoms with Crippen LogP contribution in [0.15, 0.2) is 24.3 Å². The van der Waals surface area contributed by atoms with E-state index < -0.39 is 5.97 Å². The van der Waals surface area contributed by atoms with Gasteiger partial charge in [-0.15, -0.1) is 4.33 Å².